The minimum Gasteiger partial charge on any atom is -0.489 e. The van der Waals surface area contributed by atoms with Crippen LogP contribution in [0, 0.1) is 0 Å². The molecule has 0 aliphatic carbocycles. The fraction of sp³-hybridized carbons (Fsp3) is 0.0714. The first-order valence-corrected chi connectivity index (χ1v) is 5.07. The molecule has 2 nitrogen and oxygen atoms in total. The van der Waals surface area contributed by atoms with E-state index in [4.69, 9.17) is 4.74 Å². The Morgan fingerprint density at radius 3 is 2.56 bits per heavy atom. The molecule has 2 aromatic carbocycles. The summed E-state index contributed by atoms with van der Waals surface area (Å²) in [4.78, 5) is 10.9. The van der Waals surface area contributed by atoms with Gasteiger partial charge in [0, 0.05) is 10.9 Å². The molecule has 2 heteroatoms. The van der Waals surface area contributed by atoms with Gasteiger partial charge in [-0.3, -0.25) is 4.79 Å². The Morgan fingerprint density at radius 2 is 1.88 bits per heavy atom. The normalized spacial score (nSPS) is 10.0. The zero-order chi connectivity index (χ0) is 11.4. The lowest BCUT2D eigenvalue weighted by atomic mass is 10.0. The van der Waals surface area contributed by atoms with Crippen LogP contribution in [0.1, 0.15) is 10.4 Å². The lowest BCUT2D eigenvalue weighted by Gasteiger charge is -2.08. The number of aldehydes is 1. The Bertz CT molecular complexity index is 529. The van der Waals surface area contributed by atoms with Gasteiger partial charge in [0.1, 0.15) is 12.4 Å². The molecule has 0 aliphatic rings. The summed E-state index contributed by atoms with van der Waals surface area (Å²) in [5.41, 5.74) is 0.682. The molecule has 0 radical (unpaired) electrons. The van der Waals surface area contributed by atoms with Crippen LogP contribution in [0.2, 0.25) is 0 Å². The topological polar surface area (TPSA) is 26.3 Å². The van der Waals surface area contributed by atoms with E-state index in [2.05, 4.69) is 6.58 Å². The van der Waals surface area contributed by atoms with Crippen LogP contribution in [0.5, 0.6) is 5.75 Å². The summed E-state index contributed by atoms with van der Waals surface area (Å²) in [7, 11) is 0. The van der Waals surface area contributed by atoms with Crippen molar-refractivity contribution in [2.45, 2.75) is 0 Å². The fourth-order valence-corrected chi connectivity index (χ4v) is 1.67. The molecule has 0 saturated heterocycles. The van der Waals surface area contributed by atoms with Crippen molar-refractivity contribution in [3.8, 4) is 5.75 Å². The number of ether oxygens (including phenoxy) is 1. The lowest BCUT2D eigenvalue weighted by Crippen LogP contribution is -1.94. The van der Waals surface area contributed by atoms with Crippen molar-refractivity contribution in [2.24, 2.45) is 0 Å². The Kier molecular flexibility index (Phi) is 3.01. The average molecular weight is 212 g/mol. The number of carbonyl (C=O) groups excluding carboxylic acids is 1. The number of rotatable bonds is 4. The van der Waals surface area contributed by atoms with E-state index < -0.39 is 0 Å². The van der Waals surface area contributed by atoms with Gasteiger partial charge >= 0.3 is 0 Å². The Morgan fingerprint density at radius 1 is 1.12 bits per heavy atom. The highest BCUT2D eigenvalue weighted by atomic mass is 16.5. The summed E-state index contributed by atoms with van der Waals surface area (Å²) in [6.07, 6.45) is 2.56. The summed E-state index contributed by atoms with van der Waals surface area (Å²) in [5, 5.41) is 1.87. The van der Waals surface area contributed by atoms with E-state index in [0.717, 1.165) is 22.8 Å². The molecule has 0 atom stereocenters. The molecule has 0 aromatic heterocycles. The fourth-order valence-electron chi connectivity index (χ4n) is 1.67. The van der Waals surface area contributed by atoms with Crippen molar-refractivity contribution in [1.29, 1.82) is 0 Å². The summed E-state index contributed by atoms with van der Waals surface area (Å²) in [6, 6.07) is 11.3. The zero-order valence-corrected chi connectivity index (χ0v) is 8.85. The molecule has 16 heavy (non-hydrogen) atoms. The molecule has 80 valence electrons. The zero-order valence-electron chi connectivity index (χ0n) is 8.85. The Labute approximate surface area is 94.2 Å². The van der Waals surface area contributed by atoms with Gasteiger partial charge < -0.3 is 4.74 Å². The predicted molar refractivity (Wildman–Crippen MR) is 65.0 cm³/mol. The molecule has 0 fully saturated rings. The molecule has 0 unspecified atom stereocenters. The van der Waals surface area contributed by atoms with Crippen LogP contribution in [-0.4, -0.2) is 12.9 Å². The van der Waals surface area contributed by atoms with Gasteiger partial charge in [-0.15, -0.1) is 0 Å². The first-order chi connectivity index (χ1) is 7.86. The highest BCUT2D eigenvalue weighted by Crippen LogP contribution is 2.27. The maximum atomic E-state index is 10.9. The smallest absolute Gasteiger partial charge is 0.150 e. The number of fused-ring (bicyclic) bond motifs is 1. The standard InChI is InChI=1S/C14H12O2/c1-2-9-16-14-8-7-11(10-15)12-5-3-4-6-13(12)14/h2-8,10H,1,9H2. The summed E-state index contributed by atoms with van der Waals surface area (Å²) < 4.78 is 5.53. The predicted octanol–water partition coefficient (Wildman–Crippen LogP) is 3.22. The number of benzene rings is 2. The van der Waals surface area contributed by atoms with Gasteiger partial charge in [-0.05, 0) is 17.5 Å². The highest BCUT2D eigenvalue weighted by molar-refractivity contribution is 6.00. The second-order valence-electron chi connectivity index (χ2n) is 3.42. The molecule has 0 amide bonds. The molecule has 0 saturated carbocycles. The average Bonchev–Trinajstić information content (AvgIpc) is 2.36. The number of hydrogen-bond donors (Lipinski definition) is 0. The first kappa shape index (κ1) is 10.4. The quantitative estimate of drug-likeness (QED) is 0.574. The van der Waals surface area contributed by atoms with Crippen LogP contribution in [0.4, 0.5) is 0 Å². The Balaban J connectivity index is 2.59. The van der Waals surface area contributed by atoms with Crippen LogP contribution in [0.15, 0.2) is 49.1 Å². The Hall–Kier alpha value is -2.09. The van der Waals surface area contributed by atoms with Gasteiger partial charge in [0.2, 0.25) is 0 Å². The molecule has 0 bridgehead atoms. The molecular formula is C14H12O2. The van der Waals surface area contributed by atoms with Crippen molar-refractivity contribution in [3.05, 3.63) is 54.6 Å². The van der Waals surface area contributed by atoms with Crippen molar-refractivity contribution in [3.63, 3.8) is 0 Å². The second kappa shape index (κ2) is 4.62. The molecular weight excluding hydrogens is 200 g/mol. The SMILES string of the molecule is C=CCOc1ccc(C=O)c2ccccc12. The van der Waals surface area contributed by atoms with E-state index in [9.17, 15) is 4.79 Å². The summed E-state index contributed by atoms with van der Waals surface area (Å²) >= 11 is 0. The molecule has 0 N–H and O–H groups in total. The number of hydrogen-bond acceptors (Lipinski definition) is 2. The van der Waals surface area contributed by atoms with Gasteiger partial charge in [0.15, 0.2) is 6.29 Å². The van der Waals surface area contributed by atoms with Gasteiger partial charge in [0.05, 0.1) is 0 Å². The summed E-state index contributed by atoms with van der Waals surface area (Å²) in [6.45, 7) is 4.07. The van der Waals surface area contributed by atoms with E-state index in [1.54, 1.807) is 12.1 Å². The minimum absolute atomic E-state index is 0.463. The molecule has 2 rings (SSSR count). The van der Waals surface area contributed by atoms with Crippen molar-refractivity contribution < 1.29 is 9.53 Å². The van der Waals surface area contributed by atoms with Crippen molar-refractivity contribution in [2.75, 3.05) is 6.61 Å². The third-order valence-corrected chi connectivity index (χ3v) is 2.40. The molecule has 2 aromatic rings. The van der Waals surface area contributed by atoms with E-state index in [1.807, 2.05) is 30.3 Å². The molecule has 0 spiro atoms. The van der Waals surface area contributed by atoms with Crippen LogP contribution in [-0.2, 0) is 0 Å². The third kappa shape index (κ3) is 1.82. The van der Waals surface area contributed by atoms with E-state index in [0.29, 0.717) is 12.2 Å². The van der Waals surface area contributed by atoms with E-state index in [1.165, 1.54) is 0 Å². The minimum atomic E-state index is 0.463. The molecule has 0 aliphatic heterocycles. The highest BCUT2D eigenvalue weighted by Gasteiger charge is 2.04. The van der Waals surface area contributed by atoms with Crippen molar-refractivity contribution in [1.82, 2.24) is 0 Å². The largest absolute Gasteiger partial charge is 0.489 e. The van der Waals surface area contributed by atoms with Crippen LogP contribution >= 0.6 is 0 Å². The van der Waals surface area contributed by atoms with Gasteiger partial charge in [-0.1, -0.05) is 36.9 Å². The van der Waals surface area contributed by atoms with Crippen LogP contribution in [0.3, 0.4) is 0 Å². The first-order valence-electron chi connectivity index (χ1n) is 5.07. The van der Waals surface area contributed by atoms with E-state index >= 15 is 0 Å². The van der Waals surface area contributed by atoms with Crippen molar-refractivity contribution >= 4 is 17.1 Å². The number of carbonyl (C=O) groups is 1. The maximum absolute atomic E-state index is 10.9. The monoisotopic (exact) mass is 212 g/mol. The van der Waals surface area contributed by atoms with Crippen LogP contribution in [0.25, 0.3) is 10.8 Å². The van der Waals surface area contributed by atoms with Crippen LogP contribution < -0.4 is 4.74 Å². The van der Waals surface area contributed by atoms with E-state index in [-0.39, 0.29) is 0 Å². The van der Waals surface area contributed by atoms with Gasteiger partial charge in [-0.25, -0.2) is 0 Å². The maximum Gasteiger partial charge on any atom is 0.150 e. The van der Waals surface area contributed by atoms with Gasteiger partial charge in [-0.2, -0.15) is 0 Å². The lowest BCUT2D eigenvalue weighted by molar-refractivity contribution is 0.112. The third-order valence-electron chi connectivity index (χ3n) is 2.40. The molecule has 0 heterocycles. The summed E-state index contributed by atoms with van der Waals surface area (Å²) in [5.74, 6) is 0.779. The second-order valence-corrected chi connectivity index (χ2v) is 3.42. The van der Waals surface area contributed by atoms with Gasteiger partial charge in [0.25, 0.3) is 0 Å².